The van der Waals surface area contributed by atoms with Crippen molar-refractivity contribution >= 4 is 28.4 Å². The van der Waals surface area contributed by atoms with E-state index in [9.17, 15) is 0 Å². The van der Waals surface area contributed by atoms with E-state index < -0.39 is 0 Å². The van der Waals surface area contributed by atoms with Gasteiger partial charge in [0.2, 0.25) is 5.84 Å². The molecule has 1 N–H and O–H groups in total. The molecule has 5 aromatic rings. The molecule has 0 atom stereocenters. The van der Waals surface area contributed by atoms with Crippen molar-refractivity contribution in [1.29, 1.82) is 0 Å². The molecule has 7 heteroatoms. The van der Waals surface area contributed by atoms with Crippen molar-refractivity contribution in [3.8, 4) is 11.3 Å². The number of oxazole rings is 1. The normalized spacial score (nSPS) is 12.2. The van der Waals surface area contributed by atoms with Gasteiger partial charge in [0.1, 0.15) is 12.0 Å². The Morgan fingerprint density at radius 3 is 2.62 bits per heavy atom. The molecule has 0 aliphatic carbocycles. The zero-order chi connectivity index (χ0) is 19.5. The molecule has 2 aromatic carbocycles. The van der Waals surface area contributed by atoms with E-state index in [2.05, 4.69) is 25.2 Å². The van der Waals surface area contributed by atoms with E-state index in [0.717, 1.165) is 16.5 Å². The number of H-pyrrole nitrogens is 1. The molecule has 29 heavy (non-hydrogen) atoms. The largest absolute Gasteiger partial charge is 0.461 e. The Labute approximate surface area is 165 Å². The van der Waals surface area contributed by atoms with Crippen molar-refractivity contribution in [2.45, 2.75) is 0 Å². The molecule has 3 heterocycles. The summed E-state index contributed by atoms with van der Waals surface area (Å²) in [7, 11) is 0. The van der Waals surface area contributed by atoms with E-state index in [0.29, 0.717) is 17.1 Å². The van der Waals surface area contributed by atoms with Crippen molar-refractivity contribution in [2.75, 3.05) is 0 Å². The van der Waals surface area contributed by atoms with Crippen LogP contribution >= 0.6 is 0 Å². The summed E-state index contributed by atoms with van der Waals surface area (Å²) in [6.07, 6.45) is 5.02. The van der Waals surface area contributed by atoms with Crippen LogP contribution in [0.1, 0.15) is 5.76 Å². The van der Waals surface area contributed by atoms with Crippen molar-refractivity contribution in [3.63, 3.8) is 0 Å². The molecule has 0 saturated heterocycles. The van der Waals surface area contributed by atoms with Crippen LogP contribution in [0.3, 0.4) is 0 Å². The molecule has 0 unspecified atom stereocenters. The highest BCUT2D eigenvalue weighted by Gasteiger charge is 2.13. The second-order valence-corrected chi connectivity index (χ2v) is 6.21. The molecule has 0 spiro atoms. The fourth-order valence-corrected chi connectivity index (χ4v) is 2.95. The summed E-state index contributed by atoms with van der Waals surface area (Å²) >= 11 is 0. The number of nitrogens with one attached hydrogen (secondary N) is 1. The summed E-state index contributed by atoms with van der Waals surface area (Å²) in [6.45, 7) is 0. The van der Waals surface area contributed by atoms with E-state index in [1.54, 1.807) is 24.7 Å². The number of hydrogen-bond donors (Lipinski definition) is 1. The number of rotatable bonds is 4. The molecule has 0 amide bonds. The number of hydrogen-bond acceptors (Lipinski definition) is 5. The molecule has 7 nitrogen and oxygen atoms in total. The first kappa shape index (κ1) is 16.9. The van der Waals surface area contributed by atoms with E-state index in [4.69, 9.17) is 8.83 Å². The zero-order valence-electron chi connectivity index (χ0n) is 15.2. The van der Waals surface area contributed by atoms with E-state index in [-0.39, 0.29) is 11.9 Å². The Morgan fingerprint density at radius 2 is 1.76 bits per heavy atom. The SMILES string of the molecule is c1ccc(N=N/C(=N/c2nc(-c3c[nH]c4ccccc34)co2)c2ccco2)cc1. The molecular weight excluding hydrogens is 366 g/mol. The predicted molar refractivity (Wildman–Crippen MR) is 110 cm³/mol. The van der Waals surface area contributed by atoms with Gasteiger partial charge in [-0.05, 0) is 30.3 Å². The maximum atomic E-state index is 5.56. The fraction of sp³-hybridized carbons (Fsp3) is 0. The van der Waals surface area contributed by atoms with Gasteiger partial charge in [0.05, 0.1) is 12.0 Å². The number of para-hydroxylation sites is 1. The summed E-state index contributed by atoms with van der Waals surface area (Å²) in [5.41, 5.74) is 3.36. The van der Waals surface area contributed by atoms with Gasteiger partial charge in [-0.2, -0.15) is 9.98 Å². The maximum Gasteiger partial charge on any atom is 0.324 e. The van der Waals surface area contributed by atoms with Crippen molar-refractivity contribution in [2.24, 2.45) is 15.2 Å². The van der Waals surface area contributed by atoms with Crippen LogP contribution in [0.15, 0.2) is 110 Å². The number of furan rings is 1. The van der Waals surface area contributed by atoms with Crippen LogP contribution < -0.4 is 0 Å². The standard InChI is InChI=1S/C22H15N5O2/c1-2-7-15(8-3-1)26-27-21(20-11-6-12-28-20)25-22-24-19(14-29-22)17-13-23-18-10-5-4-9-16(17)18/h1-14,23H/b25-21+,27-26?. The highest BCUT2D eigenvalue weighted by molar-refractivity contribution is 5.98. The third kappa shape index (κ3) is 3.49. The first-order valence-electron chi connectivity index (χ1n) is 8.98. The van der Waals surface area contributed by atoms with E-state index in [1.807, 2.05) is 60.8 Å². The predicted octanol–water partition coefficient (Wildman–Crippen LogP) is 6.28. The number of aromatic nitrogens is 2. The number of aliphatic imine (C=N–C) groups is 1. The molecule has 0 saturated carbocycles. The Hall–Kier alpha value is -4.26. The second kappa shape index (κ2) is 7.40. The van der Waals surface area contributed by atoms with Crippen LogP contribution in [0.4, 0.5) is 11.7 Å². The van der Waals surface area contributed by atoms with Gasteiger partial charge in [0.25, 0.3) is 0 Å². The number of amidine groups is 1. The van der Waals surface area contributed by atoms with Gasteiger partial charge in [0, 0.05) is 22.7 Å². The molecular formula is C22H15N5O2. The van der Waals surface area contributed by atoms with Gasteiger partial charge in [-0.25, -0.2) is 0 Å². The fourth-order valence-electron chi connectivity index (χ4n) is 2.95. The van der Waals surface area contributed by atoms with Crippen molar-refractivity contribution in [3.05, 3.63) is 91.2 Å². The lowest BCUT2D eigenvalue weighted by atomic mass is 10.1. The average molecular weight is 381 g/mol. The highest BCUT2D eigenvalue weighted by Crippen LogP contribution is 2.29. The van der Waals surface area contributed by atoms with Crippen molar-refractivity contribution in [1.82, 2.24) is 9.97 Å². The second-order valence-electron chi connectivity index (χ2n) is 6.21. The third-order valence-electron chi connectivity index (χ3n) is 4.32. The lowest BCUT2D eigenvalue weighted by Crippen LogP contribution is -1.93. The van der Waals surface area contributed by atoms with Crippen LogP contribution in [-0.4, -0.2) is 15.8 Å². The lowest BCUT2D eigenvalue weighted by Gasteiger charge is -1.95. The number of benzene rings is 2. The van der Waals surface area contributed by atoms with Gasteiger partial charge in [-0.15, -0.1) is 10.2 Å². The van der Waals surface area contributed by atoms with Crippen molar-refractivity contribution < 1.29 is 8.83 Å². The molecule has 0 bridgehead atoms. The number of fused-ring (bicyclic) bond motifs is 1. The molecule has 0 aliphatic rings. The first-order valence-corrected chi connectivity index (χ1v) is 8.98. The molecule has 140 valence electrons. The molecule has 0 aliphatic heterocycles. The quantitative estimate of drug-likeness (QED) is 0.226. The zero-order valence-corrected chi connectivity index (χ0v) is 15.2. The van der Waals surface area contributed by atoms with Crippen LogP contribution in [0.2, 0.25) is 0 Å². The minimum Gasteiger partial charge on any atom is -0.461 e. The first-order chi connectivity index (χ1) is 14.4. The Bertz CT molecular complexity index is 1300. The summed E-state index contributed by atoms with van der Waals surface area (Å²) in [5.74, 6) is 0.739. The average Bonchev–Trinajstić information content (AvgIpc) is 3.52. The summed E-state index contributed by atoms with van der Waals surface area (Å²) in [4.78, 5) is 12.1. The van der Waals surface area contributed by atoms with E-state index in [1.165, 1.54) is 0 Å². The third-order valence-corrected chi connectivity index (χ3v) is 4.32. The maximum absolute atomic E-state index is 5.56. The number of nitrogens with zero attached hydrogens (tertiary/aromatic N) is 4. The smallest absolute Gasteiger partial charge is 0.324 e. The molecule has 0 radical (unpaired) electrons. The summed E-state index contributed by atoms with van der Waals surface area (Å²) in [6, 6.07) is 21.1. The Balaban J connectivity index is 1.50. The topological polar surface area (TPSA) is 92.0 Å². The van der Waals surface area contributed by atoms with Gasteiger partial charge in [-0.1, -0.05) is 36.4 Å². The monoisotopic (exact) mass is 381 g/mol. The summed E-state index contributed by atoms with van der Waals surface area (Å²) < 4.78 is 11.0. The van der Waals surface area contributed by atoms with Gasteiger partial charge >= 0.3 is 6.01 Å². The highest BCUT2D eigenvalue weighted by atomic mass is 16.4. The van der Waals surface area contributed by atoms with Gasteiger partial charge in [0.15, 0.2) is 5.76 Å². The van der Waals surface area contributed by atoms with Crippen LogP contribution in [0.25, 0.3) is 22.2 Å². The minimum absolute atomic E-state index is 0.170. The van der Waals surface area contributed by atoms with E-state index >= 15 is 0 Å². The molecule has 5 rings (SSSR count). The molecule has 3 aromatic heterocycles. The van der Waals surface area contributed by atoms with Crippen LogP contribution in [-0.2, 0) is 0 Å². The number of azo groups is 1. The Kier molecular flexibility index (Phi) is 4.31. The minimum atomic E-state index is 0.170. The molecule has 0 fully saturated rings. The lowest BCUT2D eigenvalue weighted by molar-refractivity contribution is 0.552. The number of aromatic amines is 1. The van der Waals surface area contributed by atoms with Crippen LogP contribution in [0, 0.1) is 0 Å². The summed E-state index contributed by atoms with van der Waals surface area (Å²) in [5, 5.41) is 9.51. The van der Waals surface area contributed by atoms with Gasteiger partial charge in [-0.3, -0.25) is 0 Å². The van der Waals surface area contributed by atoms with Crippen LogP contribution in [0.5, 0.6) is 0 Å². The Morgan fingerprint density at radius 1 is 0.897 bits per heavy atom. The van der Waals surface area contributed by atoms with Gasteiger partial charge < -0.3 is 13.8 Å².